The highest BCUT2D eigenvalue weighted by molar-refractivity contribution is 5.81. The third kappa shape index (κ3) is 3.76. The van der Waals surface area contributed by atoms with E-state index in [9.17, 15) is 4.79 Å². The van der Waals surface area contributed by atoms with Gasteiger partial charge in [0.15, 0.2) is 0 Å². The van der Waals surface area contributed by atoms with Crippen LogP contribution in [0.3, 0.4) is 0 Å². The van der Waals surface area contributed by atoms with Gasteiger partial charge in [-0.15, -0.1) is 0 Å². The average molecular weight is 228 g/mol. The van der Waals surface area contributed by atoms with Crippen molar-refractivity contribution in [3.63, 3.8) is 0 Å². The molecule has 2 N–H and O–H groups in total. The second-order valence-corrected chi connectivity index (χ2v) is 5.24. The predicted octanol–water partition coefficient (Wildman–Crippen LogP) is 0.916. The van der Waals surface area contributed by atoms with Crippen LogP contribution in [0.25, 0.3) is 0 Å². The summed E-state index contributed by atoms with van der Waals surface area (Å²) in [5.41, 5.74) is -0.362. The molecule has 0 saturated carbocycles. The number of nitrogens with one attached hydrogen (secondary N) is 2. The summed E-state index contributed by atoms with van der Waals surface area (Å²) in [4.78, 5) is 11.5. The van der Waals surface area contributed by atoms with E-state index in [1.54, 1.807) is 7.05 Å². The average Bonchev–Trinajstić information content (AvgIpc) is 2.62. The Morgan fingerprint density at radius 1 is 1.44 bits per heavy atom. The summed E-state index contributed by atoms with van der Waals surface area (Å²) in [6, 6.07) is 0. The first kappa shape index (κ1) is 13.5. The van der Waals surface area contributed by atoms with Crippen molar-refractivity contribution in [3.8, 4) is 0 Å². The van der Waals surface area contributed by atoms with Gasteiger partial charge in [-0.05, 0) is 33.6 Å². The Hall–Kier alpha value is -0.610. The highest BCUT2D eigenvalue weighted by Crippen LogP contribution is 2.19. The van der Waals surface area contributed by atoms with Crippen LogP contribution < -0.4 is 10.6 Å². The smallest absolute Gasteiger partial charge is 0.226 e. The number of carbonyl (C=O) groups excluding carboxylic acids is 1. The third-order valence-electron chi connectivity index (χ3n) is 3.10. The molecule has 1 rings (SSSR count). The van der Waals surface area contributed by atoms with Gasteiger partial charge in [-0.2, -0.15) is 0 Å². The van der Waals surface area contributed by atoms with Crippen LogP contribution in [0.2, 0.25) is 0 Å². The number of amides is 1. The van der Waals surface area contributed by atoms with Crippen molar-refractivity contribution in [1.29, 1.82) is 0 Å². The molecule has 4 heteroatoms. The number of hydrogen-bond acceptors (Lipinski definition) is 3. The van der Waals surface area contributed by atoms with Crippen LogP contribution >= 0.6 is 0 Å². The van der Waals surface area contributed by atoms with Crippen LogP contribution in [-0.2, 0) is 9.53 Å². The Labute approximate surface area is 98.1 Å². The van der Waals surface area contributed by atoms with Crippen molar-refractivity contribution in [2.24, 2.45) is 5.41 Å². The summed E-state index contributed by atoms with van der Waals surface area (Å²) in [6.45, 7) is 7.51. The van der Waals surface area contributed by atoms with E-state index in [2.05, 4.69) is 17.6 Å². The van der Waals surface area contributed by atoms with Gasteiger partial charge in [0, 0.05) is 20.1 Å². The molecule has 2 unspecified atom stereocenters. The van der Waals surface area contributed by atoms with Crippen molar-refractivity contribution in [3.05, 3.63) is 0 Å². The van der Waals surface area contributed by atoms with Crippen molar-refractivity contribution in [1.82, 2.24) is 10.6 Å². The van der Waals surface area contributed by atoms with Gasteiger partial charge in [0.25, 0.3) is 0 Å². The highest BCUT2D eigenvalue weighted by atomic mass is 16.5. The maximum absolute atomic E-state index is 11.5. The van der Waals surface area contributed by atoms with Gasteiger partial charge >= 0.3 is 0 Å². The Morgan fingerprint density at radius 3 is 2.62 bits per heavy atom. The van der Waals surface area contributed by atoms with E-state index in [0.717, 1.165) is 19.4 Å². The number of ether oxygens (including phenoxy) is 1. The summed E-state index contributed by atoms with van der Waals surface area (Å²) in [5, 5.41) is 6.00. The first-order chi connectivity index (χ1) is 7.45. The maximum atomic E-state index is 11.5. The Balaban J connectivity index is 2.22. The largest absolute Gasteiger partial charge is 0.374 e. The van der Waals surface area contributed by atoms with Crippen molar-refractivity contribution < 1.29 is 9.53 Å². The molecule has 1 heterocycles. The maximum Gasteiger partial charge on any atom is 0.226 e. The molecule has 4 nitrogen and oxygen atoms in total. The molecule has 16 heavy (non-hydrogen) atoms. The molecule has 0 aromatic rings. The van der Waals surface area contributed by atoms with Crippen LogP contribution in [0.1, 0.15) is 33.6 Å². The van der Waals surface area contributed by atoms with E-state index < -0.39 is 0 Å². The first-order valence-electron chi connectivity index (χ1n) is 6.04. The van der Waals surface area contributed by atoms with Crippen LogP contribution in [-0.4, -0.2) is 38.3 Å². The zero-order valence-corrected chi connectivity index (χ0v) is 10.8. The molecule has 0 aromatic heterocycles. The number of carbonyl (C=O) groups is 1. The molecule has 2 atom stereocenters. The minimum Gasteiger partial charge on any atom is -0.374 e. The molecule has 0 aliphatic carbocycles. The Bertz CT molecular complexity index is 241. The van der Waals surface area contributed by atoms with E-state index in [4.69, 9.17) is 4.74 Å². The van der Waals surface area contributed by atoms with E-state index in [0.29, 0.717) is 18.8 Å². The minimum absolute atomic E-state index is 0.0701. The topological polar surface area (TPSA) is 50.4 Å². The van der Waals surface area contributed by atoms with E-state index in [1.165, 1.54) is 0 Å². The molecule has 0 aromatic carbocycles. The van der Waals surface area contributed by atoms with Crippen LogP contribution in [0.5, 0.6) is 0 Å². The Kier molecular flexibility index (Phi) is 4.74. The van der Waals surface area contributed by atoms with Gasteiger partial charge in [-0.25, -0.2) is 0 Å². The Morgan fingerprint density at radius 2 is 2.12 bits per heavy atom. The quantitative estimate of drug-likeness (QED) is 0.735. The van der Waals surface area contributed by atoms with Gasteiger partial charge in [0.1, 0.15) is 0 Å². The van der Waals surface area contributed by atoms with E-state index >= 15 is 0 Å². The lowest BCUT2D eigenvalue weighted by atomic mass is 9.92. The minimum atomic E-state index is -0.362. The number of rotatable bonds is 5. The van der Waals surface area contributed by atoms with E-state index in [1.807, 2.05) is 13.8 Å². The van der Waals surface area contributed by atoms with E-state index in [-0.39, 0.29) is 11.3 Å². The molecule has 1 aliphatic rings. The summed E-state index contributed by atoms with van der Waals surface area (Å²) >= 11 is 0. The SMILES string of the molecule is CNC(=O)C(C)(C)CNCC1CCC(C)O1. The second-order valence-electron chi connectivity index (χ2n) is 5.24. The molecule has 1 saturated heterocycles. The van der Waals surface area contributed by atoms with Gasteiger partial charge in [-0.3, -0.25) is 4.79 Å². The first-order valence-corrected chi connectivity index (χ1v) is 6.04. The fourth-order valence-corrected chi connectivity index (χ4v) is 2.00. The lowest BCUT2D eigenvalue weighted by Gasteiger charge is -2.24. The third-order valence-corrected chi connectivity index (χ3v) is 3.10. The van der Waals surface area contributed by atoms with Crippen LogP contribution in [0.4, 0.5) is 0 Å². The fourth-order valence-electron chi connectivity index (χ4n) is 2.00. The molecule has 94 valence electrons. The normalized spacial score (nSPS) is 25.8. The molecule has 0 radical (unpaired) electrons. The van der Waals surface area contributed by atoms with Gasteiger partial charge in [0.2, 0.25) is 5.91 Å². The summed E-state index contributed by atoms with van der Waals surface area (Å²) in [5.74, 6) is 0.0701. The molecule has 1 amide bonds. The summed E-state index contributed by atoms with van der Waals surface area (Å²) in [6.07, 6.45) is 2.97. The zero-order valence-electron chi connectivity index (χ0n) is 10.8. The molecular formula is C12H24N2O2. The summed E-state index contributed by atoms with van der Waals surface area (Å²) in [7, 11) is 1.67. The van der Waals surface area contributed by atoms with Crippen LogP contribution in [0, 0.1) is 5.41 Å². The van der Waals surface area contributed by atoms with Gasteiger partial charge in [-0.1, -0.05) is 0 Å². The number of hydrogen-bond donors (Lipinski definition) is 2. The van der Waals surface area contributed by atoms with Gasteiger partial charge in [0.05, 0.1) is 17.6 Å². The molecule has 1 aliphatic heterocycles. The standard InChI is InChI=1S/C12H24N2O2/c1-9-5-6-10(16-9)7-14-8-12(2,3)11(15)13-4/h9-10,14H,5-8H2,1-4H3,(H,13,15). The summed E-state index contributed by atoms with van der Waals surface area (Å²) < 4.78 is 5.70. The highest BCUT2D eigenvalue weighted by Gasteiger charge is 2.27. The molecule has 0 bridgehead atoms. The van der Waals surface area contributed by atoms with Crippen molar-refractivity contribution in [2.75, 3.05) is 20.1 Å². The van der Waals surface area contributed by atoms with Crippen molar-refractivity contribution in [2.45, 2.75) is 45.8 Å². The lowest BCUT2D eigenvalue weighted by molar-refractivity contribution is -0.128. The van der Waals surface area contributed by atoms with Crippen LogP contribution in [0.15, 0.2) is 0 Å². The molecule has 0 spiro atoms. The second kappa shape index (κ2) is 5.64. The lowest BCUT2D eigenvalue weighted by Crippen LogP contribution is -2.43. The fraction of sp³-hybridized carbons (Fsp3) is 0.917. The monoisotopic (exact) mass is 228 g/mol. The predicted molar refractivity (Wildman–Crippen MR) is 64.3 cm³/mol. The van der Waals surface area contributed by atoms with Crippen molar-refractivity contribution >= 4 is 5.91 Å². The molecular weight excluding hydrogens is 204 g/mol. The molecule has 1 fully saturated rings. The zero-order chi connectivity index (χ0) is 12.2. The van der Waals surface area contributed by atoms with Gasteiger partial charge < -0.3 is 15.4 Å².